The molecule has 0 aromatic carbocycles. The minimum Gasteiger partial charge on any atom is -0.352 e. The largest absolute Gasteiger partial charge is 0.352 e. The van der Waals surface area contributed by atoms with Crippen LogP contribution in [0.1, 0.15) is 45.1 Å². The Morgan fingerprint density at radius 1 is 1.25 bits per heavy atom. The number of piperidine rings is 2. The van der Waals surface area contributed by atoms with Crippen LogP contribution in [-0.2, 0) is 21.4 Å². The second-order valence-corrected chi connectivity index (χ2v) is 10.6. The van der Waals surface area contributed by atoms with E-state index in [0.29, 0.717) is 25.7 Å². The van der Waals surface area contributed by atoms with Crippen LogP contribution in [0.5, 0.6) is 0 Å². The molecule has 0 aliphatic carbocycles. The molecule has 1 aromatic rings. The van der Waals surface area contributed by atoms with Crippen molar-refractivity contribution in [2.75, 3.05) is 26.2 Å². The molecule has 3 heterocycles. The fourth-order valence-corrected chi connectivity index (χ4v) is 5.46. The minimum atomic E-state index is -3.17. The van der Waals surface area contributed by atoms with Gasteiger partial charge in [-0.2, -0.15) is 0 Å². The van der Waals surface area contributed by atoms with Gasteiger partial charge >= 0.3 is 0 Å². The molecule has 1 aromatic heterocycles. The first-order chi connectivity index (χ1) is 13.4. The van der Waals surface area contributed by atoms with Crippen LogP contribution in [0.4, 0.5) is 0 Å². The fourth-order valence-electron chi connectivity index (χ4n) is 4.15. The predicted molar refractivity (Wildman–Crippen MR) is 109 cm³/mol. The molecular formula is C20H32N4O3S. The summed E-state index contributed by atoms with van der Waals surface area (Å²) in [5.74, 6) is 0.108. The number of aromatic nitrogens is 1. The van der Waals surface area contributed by atoms with Gasteiger partial charge in [-0.25, -0.2) is 12.7 Å². The summed E-state index contributed by atoms with van der Waals surface area (Å²) in [6.45, 7) is 6.91. The summed E-state index contributed by atoms with van der Waals surface area (Å²) < 4.78 is 26.3. The van der Waals surface area contributed by atoms with Crippen LogP contribution in [0.2, 0.25) is 0 Å². The molecule has 2 aliphatic heterocycles. The number of rotatable bonds is 6. The van der Waals surface area contributed by atoms with Crippen molar-refractivity contribution in [3.8, 4) is 0 Å². The quantitative estimate of drug-likeness (QED) is 0.773. The molecular weight excluding hydrogens is 376 g/mol. The van der Waals surface area contributed by atoms with Gasteiger partial charge in [0.05, 0.1) is 11.2 Å². The number of likely N-dealkylation sites (tertiary alicyclic amines) is 1. The van der Waals surface area contributed by atoms with Crippen LogP contribution >= 0.6 is 0 Å². The number of hydrogen-bond acceptors (Lipinski definition) is 5. The molecule has 2 saturated heterocycles. The van der Waals surface area contributed by atoms with Crippen LogP contribution in [0.25, 0.3) is 0 Å². The van der Waals surface area contributed by atoms with Crippen molar-refractivity contribution in [1.29, 1.82) is 0 Å². The zero-order valence-corrected chi connectivity index (χ0v) is 17.7. The fraction of sp³-hybridized carbons (Fsp3) is 0.700. The van der Waals surface area contributed by atoms with E-state index in [1.54, 1.807) is 30.5 Å². The van der Waals surface area contributed by atoms with E-state index in [-0.39, 0.29) is 17.1 Å². The maximum absolute atomic E-state index is 12.6. The van der Waals surface area contributed by atoms with E-state index < -0.39 is 10.0 Å². The Balaban J connectivity index is 1.49. The van der Waals surface area contributed by atoms with Crippen molar-refractivity contribution >= 4 is 15.9 Å². The Morgan fingerprint density at radius 3 is 2.64 bits per heavy atom. The average molecular weight is 409 g/mol. The molecule has 1 N–H and O–H groups in total. The van der Waals surface area contributed by atoms with E-state index in [1.807, 2.05) is 12.1 Å². The molecule has 0 bridgehead atoms. The van der Waals surface area contributed by atoms with E-state index in [9.17, 15) is 13.2 Å². The molecule has 0 spiro atoms. The Labute approximate surface area is 168 Å². The van der Waals surface area contributed by atoms with Crippen LogP contribution in [0, 0.1) is 5.92 Å². The number of carbonyl (C=O) groups excluding carboxylic acids is 1. The van der Waals surface area contributed by atoms with Gasteiger partial charge in [0, 0.05) is 44.6 Å². The Bertz CT molecular complexity index is 746. The lowest BCUT2D eigenvalue weighted by atomic mass is 9.93. The number of pyridine rings is 1. The van der Waals surface area contributed by atoms with Crippen LogP contribution < -0.4 is 5.32 Å². The highest BCUT2D eigenvalue weighted by molar-refractivity contribution is 7.89. The minimum absolute atomic E-state index is 0.00264. The van der Waals surface area contributed by atoms with Crippen molar-refractivity contribution in [2.45, 2.75) is 57.4 Å². The summed E-state index contributed by atoms with van der Waals surface area (Å²) in [5, 5.41) is 2.67. The molecule has 8 heteroatoms. The monoisotopic (exact) mass is 408 g/mol. The van der Waals surface area contributed by atoms with Gasteiger partial charge in [-0.15, -0.1) is 0 Å². The number of sulfonamides is 1. The molecule has 1 atom stereocenters. The molecule has 2 fully saturated rings. The summed E-state index contributed by atoms with van der Waals surface area (Å²) >= 11 is 0. The van der Waals surface area contributed by atoms with Crippen molar-refractivity contribution in [2.24, 2.45) is 5.92 Å². The van der Waals surface area contributed by atoms with Crippen LogP contribution in [-0.4, -0.2) is 66.0 Å². The van der Waals surface area contributed by atoms with Gasteiger partial charge in [-0.1, -0.05) is 6.07 Å². The number of hydrogen-bond donors (Lipinski definition) is 1. The van der Waals surface area contributed by atoms with Gasteiger partial charge in [0.15, 0.2) is 0 Å². The van der Waals surface area contributed by atoms with Gasteiger partial charge < -0.3 is 5.32 Å². The van der Waals surface area contributed by atoms with Crippen molar-refractivity contribution < 1.29 is 13.2 Å². The number of carbonyl (C=O) groups is 1. The van der Waals surface area contributed by atoms with E-state index >= 15 is 0 Å². The summed E-state index contributed by atoms with van der Waals surface area (Å²) in [4.78, 5) is 19.1. The summed E-state index contributed by atoms with van der Waals surface area (Å²) in [7, 11) is -3.17. The molecule has 2 aliphatic rings. The average Bonchev–Trinajstić information content (AvgIpc) is 2.73. The molecule has 0 saturated carbocycles. The smallest absolute Gasteiger partial charge is 0.224 e. The van der Waals surface area contributed by atoms with Gasteiger partial charge in [-0.05, 0) is 57.7 Å². The lowest BCUT2D eigenvalue weighted by Gasteiger charge is -2.42. The lowest BCUT2D eigenvalue weighted by Crippen LogP contribution is -2.52. The maximum atomic E-state index is 12.6. The third kappa shape index (κ3) is 5.10. The molecule has 3 rings (SSSR count). The van der Waals surface area contributed by atoms with Gasteiger partial charge in [0.25, 0.3) is 0 Å². The lowest BCUT2D eigenvalue weighted by molar-refractivity contribution is -0.127. The second-order valence-electron chi connectivity index (χ2n) is 8.14. The number of amides is 1. The standard InChI is InChI=1S/C20H32N4O3S/c1-16(2)28(26,27)24-11-7-19(8-12-24)23-10-4-6-18(15-23)20(25)22-14-17-5-3-9-21-13-17/h3,5,9,13,16,18-19H,4,6-8,10-12,14-15H2,1-2H3,(H,22,25)/t18-/m0/s1. The van der Waals surface area contributed by atoms with E-state index in [2.05, 4.69) is 15.2 Å². The van der Waals surface area contributed by atoms with Gasteiger partial charge in [0.1, 0.15) is 0 Å². The molecule has 0 unspecified atom stereocenters. The number of nitrogens with zero attached hydrogens (tertiary/aromatic N) is 3. The first kappa shape index (κ1) is 21.2. The zero-order valence-electron chi connectivity index (χ0n) is 16.9. The number of nitrogens with one attached hydrogen (secondary N) is 1. The SMILES string of the molecule is CC(C)S(=O)(=O)N1CCC(N2CCC[C@H](C(=O)NCc3cccnc3)C2)CC1. The molecule has 1 amide bonds. The normalized spacial score (nSPS) is 23.0. The molecule has 28 heavy (non-hydrogen) atoms. The molecule has 7 nitrogen and oxygen atoms in total. The van der Waals surface area contributed by atoms with Gasteiger partial charge in [-0.3, -0.25) is 14.7 Å². The highest BCUT2D eigenvalue weighted by Crippen LogP contribution is 2.25. The summed E-state index contributed by atoms with van der Waals surface area (Å²) in [6, 6.07) is 4.20. The Morgan fingerprint density at radius 2 is 2.00 bits per heavy atom. The highest BCUT2D eigenvalue weighted by atomic mass is 32.2. The molecule has 156 valence electrons. The Kier molecular flexibility index (Phi) is 7.06. The highest BCUT2D eigenvalue weighted by Gasteiger charge is 2.35. The van der Waals surface area contributed by atoms with Crippen LogP contribution in [0.3, 0.4) is 0 Å². The van der Waals surface area contributed by atoms with E-state index in [0.717, 1.165) is 44.3 Å². The third-order valence-corrected chi connectivity index (χ3v) is 8.18. The maximum Gasteiger partial charge on any atom is 0.224 e. The Hall–Kier alpha value is -1.51. The van der Waals surface area contributed by atoms with Gasteiger partial charge in [0.2, 0.25) is 15.9 Å². The first-order valence-electron chi connectivity index (χ1n) is 10.3. The van der Waals surface area contributed by atoms with Crippen molar-refractivity contribution in [3.63, 3.8) is 0 Å². The second kappa shape index (κ2) is 9.33. The third-order valence-electron chi connectivity index (χ3n) is 5.91. The van der Waals surface area contributed by atoms with Crippen molar-refractivity contribution in [3.05, 3.63) is 30.1 Å². The topological polar surface area (TPSA) is 82.6 Å². The first-order valence-corrected chi connectivity index (χ1v) is 11.8. The van der Waals surface area contributed by atoms with Crippen molar-refractivity contribution in [1.82, 2.24) is 19.5 Å². The summed E-state index contributed by atoms with van der Waals surface area (Å²) in [6.07, 6.45) is 7.10. The molecule has 0 radical (unpaired) electrons. The zero-order chi connectivity index (χ0) is 20.1. The van der Waals surface area contributed by atoms with E-state index in [4.69, 9.17) is 0 Å². The van der Waals surface area contributed by atoms with E-state index in [1.165, 1.54) is 0 Å². The predicted octanol–water partition coefficient (Wildman–Crippen LogP) is 1.61. The van der Waals surface area contributed by atoms with Crippen LogP contribution in [0.15, 0.2) is 24.5 Å². The summed E-state index contributed by atoms with van der Waals surface area (Å²) in [5.41, 5.74) is 1.00.